The zero-order valence-corrected chi connectivity index (χ0v) is 15.3. The maximum atomic E-state index is 11.0. The van der Waals surface area contributed by atoms with Crippen molar-refractivity contribution in [3.8, 4) is 11.5 Å². The monoisotopic (exact) mass is 375 g/mol. The van der Waals surface area contributed by atoms with Crippen LogP contribution in [0.15, 0.2) is 47.4 Å². The molecule has 0 bridgehead atoms. The Hall–Kier alpha value is -2.22. The van der Waals surface area contributed by atoms with E-state index in [0.29, 0.717) is 12.4 Å². The molecule has 2 N–H and O–H groups in total. The number of ether oxygens (including phenoxy) is 3. The summed E-state index contributed by atoms with van der Waals surface area (Å²) in [6, 6.07) is 13.2. The van der Waals surface area contributed by atoms with E-state index in [1.807, 2.05) is 42.5 Å². The molecule has 0 unspecified atom stereocenters. The summed E-state index contributed by atoms with van der Waals surface area (Å²) < 4.78 is 16.2. The normalized spacial score (nSPS) is 13.5. The van der Waals surface area contributed by atoms with E-state index in [-0.39, 0.29) is 19.3 Å². The molecule has 0 saturated carbocycles. The van der Waals surface area contributed by atoms with Crippen molar-refractivity contribution in [2.24, 2.45) is 0 Å². The third-order valence-corrected chi connectivity index (χ3v) is 4.79. The van der Waals surface area contributed by atoms with Gasteiger partial charge < -0.3 is 24.6 Å². The van der Waals surface area contributed by atoms with Crippen molar-refractivity contribution in [1.29, 1.82) is 0 Å². The van der Waals surface area contributed by atoms with Gasteiger partial charge in [0.05, 0.1) is 19.3 Å². The molecule has 1 amide bonds. The Morgan fingerprint density at radius 1 is 1.23 bits per heavy atom. The fourth-order valence-corrected chi connectivity index (χ4v) is 3.23. The molecule has 1 aliphatic rings. The molecule has 0 aromatic heterocycles. The molecule has 1 aliphatic heterocycles. The van der Waals surface area contributed by atoms with Gasteiger partial charge in [0.2, 0.25) is 12.7 Å². The highest BCUT2D eigenvalue weighted by atomic mass is 32.2. The highest BCUT2D eigenvalue weighted by Gasteiger charge is 2.13. The molecule has 138 valence electrons. The van der Waals surface area contributed by atoms with Crippen molar-refractivity contribution in [1.82, 2.24) is 0 Å². The minimum atomic E-state index is -0.566. The molecule has 0 radical (unpaired) electrons. The molecule has 2 aromatic carbocycles. The van der Waals surface area contributed by atoms with Gasteiger partial charge in [-0.05, 0) is 42.0 Å². The number of benzene rings is 2. The van der Waals surface area contributed by atoms with Crippen LogP contribution < -0.4 is 14.8 Å². The first-order chi connectivity index (χ1) is 12.6. The van der Waals surface area contributed by atoms with Gasteiger partial charge >= 0.3 is 0 Å². The molecule has 0 spiro atoms. The second-order valence-electron chi connectivity index (χ2n) is 5.87. The van der Waals surface area contributed by atoms with Crippen LogP contribution in [0, 0.1) is 0 Å². The number of aliphatic hydroxyl groups excluding tert-OH is 1. The molecule has 0 fully saturated rings. The zero-order chi connectivity index (χ0) is 18.4. The smallest absolute Gasteiger partial charge is 0.231 e. The first-order valence-corrected chi connectivity index (χ1v) is 9.23. The van der Waals surface area contributed by atoms with E-state index in [1.54, 1.807) is 0 Å². The lowest BCUT2D eigenvalue weighted by molar-refractivity contribution is -0.114. The minimum Gasteiger partial charge on any atom is -0.454 e. The Labute approximate surface area is 156 Å². The van der Waals surface area contributed by atoms with Gasteiger partial charge in [-0.25, -0.2) is 0 Å². The van der Waals surface area contributed by atoms with E-state index in [1.165, 1.54) is 18.7 Å². The van der Waals surface area contributed by atoms with E-state index in [2.05, 4.69) is 5.32 Å². The van der Waals surface area contributed by atoms with Gasteiger partial charge in [-0.3, -0.25) is 4.79 Å². The van der Waals surface area contributed by atoms with Crippen molar-refractivity contribution >= 4 is 23.4 Å². The topological polar surface area (TPSA) is 77.0 Å². The summed E-state index contributed by atoms with van der Waals surface area (Å²) in [7, 11) is 0. The lowest BCUT2D eigenvalue weighted by Gasteiger charge is -2.12. The molecule has 2 aromatic rings. The molecule has 7 heteroatoms. The van der Waals surface area contributed by atoms with Crippen LogP contribution in [0.1, 0.15) is 12.5 Å². The van der Waals surface area contributed by atoms with E-state index in [4.69, 9.17) is 14.2 Å². The predicted octanol–water partition coefficient (Wildman–Crippen LogP) is 3.04. The van der Waals surface area contributed by atoms with E-state index in [9.17, 15) is 9.90 Å². The Kier molecular flexibility index (Phi) is 6.38. The maximum absolute atomic E-state index is 11.0. The van der Waals surface area contributed by atoms with Gasteiger partial charge in [-0.2, -0.15) is 0 Å². The average molecular weight is 375 g/mol. The molecular weight excluding hydrogens is 354 g/mol. The summed E-state index contributed by atoms with van der Waals surface area (Å²) in [6.45, 7) is 2.39. The van der Waals surface area contributed by atoms with Crippen molar-refractivity contribution < 1.29 is 24.1 Å². The van der Waals surface area contributed by atoms with Crippen molar-refractivity contribution in [3.05, 3.63) is 48.0 Å². The molecule has 0 aliphatic carbocycles. The highest BCUT2D eigenvalue weighted by molar-refractivity contribution is 7.99. The summed E-state index contributed by atoms with van der Waals surface area (Å²) in [5.74, 6) is 1.90. The van der Waals surface area contributed by atoms with E-state index < -0.39 is 6.10 Å². The van der Waals surface area contributed by atoms with Crippen LogP contribution in [-0.2, 0) is 16.1 Å². The summed E-state index contributed by atoms with van der Waals surface area (Å²) in [4.78, 5) is 12.0. The van der Waals surface area contributed by atoms with Gasteiger partial charge in [-0.15, -0.1) is 11.8 Å². The van der Waals surface area contributed by atoms with Crippen LogP contribution in [-0.4, -0.2) is 36.3 Å². The number of carbonyl (C=O) groups excluding carboxylic acids is 1. The first-order valence-electron chi connectivity index (χ1n) is 8.25. The number of hydrogen-bond acceptors (Lipinski definition) is 6. The molecule has 1 atom stereocenters. The largest absolute Gasteiger partial charge is 0.454 e. The summed E-state index contributed by atoms with van der Waals surface area (Å²) in [5, 5.41) is 12.8. The average Bonchev–Trinajstić information content (AvgIpc) is 3.08. The number of thioether (sulfide) groups is 1. The summed E-state index contributed by atoms with van der Waals surface area (Å²) in [5.41, 5.74) is 1.73. The fourth-order valence-electron chi connectivity index (χ4n) is 2.42. The molecule has 0 saturated heterocycles. The number of aliphatic hydroxyl groups is 1. The number of rotatable bonds is 8. The van der Waals surface area contributed by atoms with Crippen molar-refractivity contribution in [2.45, 2.75) is 24.5 Å². The van der Waals surface area contributed by atoms with Crippen LogP contribution in [0.25, 0.3) is 0 Å². The van der Waals surface area contributed by atoms with Crippen LogP contribution in [0.5, 0.6) is 11.5 Å². The quantitative estimate of drug-likeness (QED) is 0.691. The molecule has 1 heterocycles. The molecule has 3 rings (SSSR count). The van der Waals surface area contributed by atoms with Crippen LogP contribution in [0.2, 0.25) is 0 Å². The lowest BCUT2D eigenvalue weighted by Crippen LogP contribution is -2.17. The van der Waals surface area contributed by atoms with Gasteiger partial charge in [0.1, 0.15) is 0 Å². The second-order valence-corrected chi connectivity index (χ2v) is 6.97. The fraction of sp³-hybridized carbons (Fsp3) is 0.316. The van der Waals surface area contributed by atoms with Gasteiger partial charge in [0.15, 0.2) is 11.5 Å². The Balaban J connectivity index is 1.37. The predicted molar refractivity (Wildman–Crippen MR) is 99.7 cm³/mol. The van der Waals surface area contributed by atoms with Crippen molar-refractivity contribution in [3.63, 3.8) is 0 Å². The van der Waals surface area contributed by atoms with Crippen LogP contribution >= 0.6 is 11.8 Å². The second kappa shape index (κ2) is 8.93. The zero-order valence-electron chi connectivity index (χ0n) is 14.4. The summed E-state index contributed by atoms with van der Waals surface area (Å²) >= 11 is 1.54. The summed E-state index contributed by atoms with van der Waals surface area (Å²) in [6.07, 6.45) is -0.566. The standard InChI is InChI=1S/C19H21NO5S/c1-13(21)20-15-3-5-17(6-4-15)26-11-16(22)10-23-9-14-2-7-18-19(8-14)25-12-24-18/h2-8,16,22H,9-12H2,1H3,(H,20,21)/t16-/m0/s1. The lowest BCUT2D eigenvalue weighted by atomic mass is 10.2. The van der Waals surface area contributed by atoms with Gasteiger partial charge in [0, 0.05) is 23.3 Å². The number of anilines is 1. The van der Waals surface area contributed by atoms with Gasteiger partial charge in [0.25, 0.3) is 0 Å². The molecular formula is C19H21NO5S. The number of carbonyl (C=O) groups is 1. The third-order valence-electron chi connectivity index (χ3n) is 3.63. The Bertz CT molecular complexity index is 750. The minimum absolute atomic E-state index is 0.0968. The SMILES string of the molecule is CC(=O)Nc1ccc(SC[C@@H](O)COCc2ccc3c(c2)OCO3)cc1. The number of amides is 1. The van der Waals surface area contributed by atoms with Crippen LogP contribution in [0.3, 0.4) is 0 Å². The molecule has 6 nitrogen and oxygen atoms in total. The van der Waals surface area contributed by atoms with Crippen LogP contribution in [0.4, 0.5) is 5.69 Å². The highest BCUT2D eigenvalue weighted by Crippen LogP contribution is 2.32. The number of hydrogen-bond donors (Lipinski definition) is 2. The van der Waals surface area contributed by atoms with E-state index >= 15 is 0 Å². The van der Waals surface area contributed by atoms with Gasteiger partial charge in [-0.1, -0.05) is 6.07 Å². The molecule has 26 heavy (non-hydrogen) atoms. The third kappa shape index (κ3) is 5.39. The Morgan fingerprint density at radius 3 is 2.77 bits per heavy atom. The Morgan fingerprint density at radius 2 is 2.00 bits per heavy atom. The number of fused-ring (bicyclic) bond motifs is 1. The maximum Gasteiger partial charge on any atom is 0.231 e. The number of nitrogens with one attached hydrogen (secondary N) is 1. The van der Waals surface area contributed by atoms with E-state index in [0.717, 1.165) is 27.6 Å². The first kappa shape index (κ1) is 18.6. The van der Waals surface area contributed by atoms with Crippen molar-refractivity contribution in [2.75, 3.05) is 24.5 Å².